The predicted octanol–water partition coefficient (Wildman–Crippen LogP) is 2.50. The first kappa shape index (κ1) is 15.5. The molecule has 2 unspecified atom stereocenters. The smallest absolute Gasteiger partial charge is 0.243 e. The lowest BCUT2D eigenvalue weighted by Crippen LogP contribution is -2.42. The maximum atomic E-state index is 12.7. The van der Waals surface area contributed by atoms with Crippen LogP contribution in [0.4, 0.5) is 0 Å². The Hall–Kier alpha value is -0.910. The molecule has 2 rings (SSSR count). The minimum atomic E-state index is -3.39. The van der Waals surface area contributed by atoms with Crippen LogP contribution in [0, 0.1) is 11.8 Å². The van der Waals surface area contributed by atoms with Crippen molar-refractivity contribution in [3.05, 3.63) is 29.8 Å². The molecule has 2 atom stereocenters. The summed E-state index contributed by atoms with van der Waals surface area (Å²) in [6, 6.07) is 7.03. The van der Waals surface area contributed by atoms with Gasteiger partial charge in [0, 0.05) is 20.2 Å². The molecule has 0 amide bonds. The molecule has 0 aliphatic carbocycles. The Morgan fingerprint density at radius 2 is 1.90 bits per heavy atom. The van der Waals surface area contributed by atoms with Crippen LogP contribution >= 0.6 is 0 Å². The summed E-state index contributed by atoms with van der Waals surface area (Å²) in [5, 5.41) is 0. The third-order valence-electron chi connectivity index (χ3n) is 3.68. The molecule has 1 saturated heterocycles. The normalized spacial score (nSPS) is 24.8. The maximum absolute atomic E-state index is 12.7. The Balaban J connectivity index is 2.27. The Morgan fingerprint density at radius 3 is 2.50 bits per heavy atom. The quantitative estimate of drug-likeness (QED) is 0.858. The van der Waals surface area contributed by atoms with E-state index in [0.29, 0.717) is 36.4 Å². The Kier molecular flexibility index (Phi) is 4.83. The van der Waals surface area contributed by atoms with Crippen LogP contribution in [-0.4, -0.2) is 32.9 Å². The summed E-state index contributed by atoms with van der Waals surface area (Å²) in [5.41, 5.74) is 0.881. The molecule has 0 N–H and O–H groups in total. The lowest BCUT2D eigenvalue weighted by atomic mass is 9.94. The number of benzene rings is 1. The first-order chi connectivity index (χ1) is 9.43. The Bertz CT molecular complexity index is 546. The molecular weight excluding hydrogens is 274 g/mol. The molecule has 1 aromatic rings. The minimum absolute atomic E-state index is 0.369. The van der Waals surface area contributed by atoms with E-state index in [1.807, 2.05) is 6.07 Å². The fraction of sp³-hybridized carbons (Fsp3) is 0.600. The van der Waals surface area contributed by atoms with Crippen molar-refractivity contribution >= 4 is 10.0 Å². The van der Waals surface area contributed by atoms with Gasteiger partial charge in [-0.1, -0.05) is 26.0 Å². The number of hydrogen-bond acceptors (Lipinski definition) is 3. The molecule has 1 aliphatic heterocycles. The minimum Gasteiger partial charge on any atom is -0.380 e. The molecule has 20 heavy (non-hydrogen) atoms. The Morgan fingerprint density at radius 1 is 1.25 bits per heavy atom. The molecule has 1 fully saturated rings. The van der Waals surface area contributed by atoms with Crippen LogP contribution in [0.1, 0.15) is 25.8 Å². The summed E-state index contributed by atoms with van der Waals surface area (Å²) in [4.78, 5) is 0.369. The van der Waals surface area contributed by atoms with Gasteiger partial charge in [-0.25, -0.2) is 8.42 Å². The van der Waals surface area contributed by atoms with E-state index in [4.69, 9.17) is 4.74 Å². The molecule has 0 aromatic heterocycles. The number of hydrogen-bond donors (Lipinski definition) is 0. The second-order valence-electron chi connectivity index (χ2n) is 5.85. The van der Waals surface area contributed by atoms with Crippen LogP contribution in [0.3, 0.4) is 0 Å². The lowest BCUT2D eigenvalue weighted by Gasteiger charge is -2.34. The lowest BCUT2D eigenvalue weighted by molar-refractivity contribution is 0.184. The van der Waals surface area contributed by atoms with Crippen LogP contribution in [0.15, 0.2) is 29.2 Å². The standard InChI is InChI=1S/C15H23NO3S/c1-12-7-13(2)10-16(9-12)20(17,18)15-6-4-5-14(8-15)11-19-3/h4-6,8,12-13H,7,9-11H2,1-3H3. The molecule has 0 spiro atoms. The SMILES string of the molecule is COCc1cccc(S(=O)(=O)N2CC(C)CC(C)C2)c1. The molecule has 5 heteroatoms. The zero-order valence-corrected chi connectivity index (χ0v) is 13.2. The first-order valence-corrected chi connectivity index (χ1v) is 8.45. The van der Waals surface area contributed by atoms with Gasteiger partial charge in [0.2, 0.25) is 10.0 Å². The number of sulfonamides is 1. The fourth-order valence-electron chi connectivity index (χ4n) is 2.91. The van der Waals surface area contributed by atoms with Crippen LogP contribution < -0.4 is 0 Å². The van der Waals surface area contributed by atoms with Gasteiger partial charge in [0.1, 0.15) is 0 Å². The van der Waals surface area contributed by atoms with Crippen LogP contribution in [0.2, 0.25) is 0 Å². The molecule has 1 aliphatic rings. The van der Waals surface area contributed by atoms with Gasteiger partial charge in [0.25, 0.3) is 0 Å². The van der Waals surface area contributed by atoms with E-state index in [1.54, 1.807) is 29.6 Å². The van der Waals surface area contributed by atoms with Gasteiger partial charge in [0.05, 0.1) is 11.5 Å². The van der Waals surface area contributed by atoms with E-state index in [0.717, 1.165) is 12.0 Å². The predicted molar refractivity (Wildman–Crippen MR) is 78.9 cm³/mol. The number of methoxy groups -OCH3 is 1. The van der Waals surface area contributed by atoms with Crippen LogP contribution in [0.25, 0.3) is 0 Å². The number of piperidine rings is 1. The zero-order valence-electron chi connectivity index (χ0n) is 12.4. The molecule has 1 aromatic carbocycles. The van der Waals surface area contributed by atoms with Gasteiger partial charge in [-0.2, -0.15) is 4.31 Å². The molecule has 1 heterocycles. The highest BCUT2D eigenvalue weighted by atomic mass is 32.2. The summed E-state index contributed by atoms with van der Waals surface area (Å²) in [7, 11) is -1.78. The molecule has 0 saturated carbocycles. The van der Waals surface area contributed by atoms with Gasteiger partial charge >= 0.3 is 0 Å². The highest BCUT2D eigenvalue weighted by Crippen LogP contribution is 2.27. The second-order valence-corrected chi connectivity index (χ2v) is 7.79. The van der Waals surface area contributed by atoms with Gasteiger partial charge in [-0.05, 0) is 36.0 Å². The number of ether oxygens (including phenoxy) is 1. The molecule has 0 bridgehead atoms. The molecular formula is C15H23NO3S. The summed E-state index contributed by atoms with van der Waals surface area (Å²) >= 11 is 0. The average molecular weight is 297 g/mol. The van der Waals surface area contributed by atoms with E-state index in [1.165, 1.54) is 0 Å². The van der Waals surface area contributed by atoms with E-state index in [-0.39, 0.29) is 0 Å². The largest absolute Gasteiger partial charge is 0.380 e. The summed E-state index contributed by atoms with van der Waals surface area (Å²) in [6.45, 7) is 5.87. The Labute approximate surface area is 121 Å². The maximum Gasteiger partial charge on any atom is 0.243 e. The van der Waals surface area contributed by atoms with Gasteiger partial charge in [-0.15, -0.1) is 0 Å². The van der Waals surface area contributed by atoms with E-state index in [2.05, 4.69) is 13.8 Å². The van der Waals surface area contributed by atoms with E-state index >= 15 is 0 Å². The summed E-state index contributed by atoms with van der Waals surface area (Å²) in [6.07, 6.45) is 1.09. The monoisotopic (exact) mass is 297 g/mol. The number of nitrogens with zero attached hydrogens (tertiary/aromatic N) is 1. The second kappa shape index (κ2) is 6.24. The van der Waals surface area contributed by atoms with Crippen molar-refractivity contribution in [3.63, 3.8) is 0 Å². The third-order valence-corrected chi connectivity index (χ3v) is 5.51. The highest BCUT2D eigenvalue weighted by molar-refractivity contribution is 7.89. The first-order valence-electron chi connectivity index (χ1n) is 7.01. The van der Waals surface area contributed by atoms with E-state index < -0.39 is 10.0 Å². The van der Waals surface area contributed by atoms with Crippen molar-refractivity contribution < 1.29 is 13.2 Å². The number of rotatable bonds is 4. The average Bonchev–Trinajstić information content (AvgIpc) is 2.38. The van der Waals surface area contributed by atoms with E-state index in [9.17, 15) is 8.42 Å². The van der Waals surface area contributed by atoms with Crippen molar-refractivity contribution in [2.75, 3.05) is 20.2 Å². The van der Waals surface area contributed by atoms with Gasteiger partial charge < -0.3 is 4.74 Å². The molecule has 4 nitrogen and oxygen atoms in total. The molecule has 0 radical (unpaired) electrons. The van der Waals surface area contributed by atoms with Crippen LogP contribution in [0.5, 0.6) is 0 Å². The topological polar surface area (TPSA) is 46.6 Å². The zero-order chi connectivity index (χ0) is 14.8. The van der Waals surface area contributed by atoms with Gasteiger partial charge in [-0.3, -0.25) is 0 Å². The van der Waals surface area contributed by atoms with Crippen molar-refractivity contribution in [2.45, 2.75) is 31.8 Å². The van der Waals surface area contributed by atoms with Crippen LogP contribution in [-0.2, 0) is 21.4 Å². The third kappa shape index (κ3) is 3.40. The van der Waals surface area contributed by atoms with Gasteiger partial charge in [0.15, 0.2) is 0 Å². The van der Waals surface area contributed by atoms with Crippen molar-refractivity contribution in [1.29, 1.82) is 0 Å². The highest BCUT2D eigenvalue weighted by Gasteiger charge is 2.31. The molecule has 112 valence electrons. The fourth-order valence-corrected chi connectivity index (χ4v) is 4.66. The summed E-state index contributed by atoms with van der Waals surface area (Å²) in [5.74, 6) is 0.825. The van der Waals surface area contributed by atoms with Crippen molar-refractivity contribution in [3.8, 4) is 0 Å². The van der Waals surface area contributed by atoms with Crippen molar-refractivity contribution in [1.82, 2.24) is 4.31 Å². The summed E-state index contributed by atoms with van der Waals surface area (Å²) < 4.78 is 32.1. The van der Waals surface area contributed by atoms with Crippen molar-refractivity contribution in [2.24, 2.45) is 11.8 Å².